The average Bonchev–Trinajstić information content (AvgIpc) is 3.06. The van der Waals surface area contributed by atoms with Crippen LogP contribution in [0.1, 0.15) is 52.5 Å². The Balaban J connectivity index is 1.14. The molecule has 0 bridgehead atoms. The fourth-order valence-electron chi connectivity index (χ4n) is 5.69. The van der Waals surface area contributed by atoms with Crippen LogP contribution in [-0.4, -0.2) is 84.1 Å². The van der Waals surface area contributed by atoms with Crippen LogP contribution in [-0.2, 0) is 15.3 Å². The molecule has 0 N–H and O–H groups in total. The molecule has 2 aromatic carbocycles. The van der Waals surface area contributed by atoms with Gasteiger partial charge in [-0.25, -0.2) is 9.97 Å². The molecule has 5 rings (SSSR count). The van der Waals surface area contributed by atoms with Crippen molar-refractivity contribution in [3.05, 3.63) is 88.6 Å². The number of hydrogen-bond acceptors (Lipinski definition) is 8. The number of amides is 1. The van der Waals surface area contributed by atoms with E-state index in [0.29, 0.717) is 31.0 Å². The lowest BCUT2D eigenvalue weighted by Crippen LogP contribution is -2.47. The zero-order valence-electron chi connectivity index (χ0n) is 26.1. The summed E-state index contributed by atoms with van der Waals surface area (Å²) >= 11 is 1.62. The number of thioether (sulfide) groups is 1. The smallest absolute Gasteiger partial charge is 0.310 e. The van der Waals surface area contributed by atoms with Gasteiger partial charge in [0.25, 0.3) is 5.91 Å². The Morgan fingerprint density at radius 2 is 1.73 bits per heavy atom. The van der Waals surface area contributed by atoms with Gasteiger partial charge in [-0.3, -0.25) is 14.5 Å². The number of carbonyl (C=O) groups is 2. The number of nitrogens with zero attached hydrogens (tertiary/aromatic N) is 5. The Kier molecular flexibility index (Phi) is 11.1. The molecule has 3 heterocycles. The molecule has 1 atom stereocenters. The molecule has 0 saturated carbocycles. The maximum atomic E-state index is 13.1. The molecule has 44 heavy (non-hydrogen) atoms. The van der Waals surface area contributed by atoms with Crippen molar-refractivity contribution >= 4 is 35.5 Å². The summed E-state index contributed by atoms with van der Waals surface area (Å²) < 4.78 is 5.18. The molecule has 2 aliphatic rings. The topological polar surface area (TPSA) is 78.9 Å². The number of likely N-dealkylation sites (tertiary alicyclic amines) is 1. The van der Waals surface area contributed by atoms with Gasteiger partial charge in [0, 0.05) is 68.4 Å². The minimum Gasteiger partial charge on any atom is -0.466 e. The number of benzene rings is 2. The summed E-state index contributed by atoms with van der Waals surface area (Å²) in [5, 5.41) is 0.773. The van der Waals surface area contributed by atoms with Crippen molar-refractivity contribution in [3.8, 4) is 0 Å². The van der Waals surface area contributed by atoms with Gasteiger partial charge in [0.15, 0.2) is 5.16 Å². The van der Waals surface area contributed by atoms with E-state index in [-0.39, 0.29) is 17.8 Å². The number of rotatable bonds is 10. The predicted octanol–water partition coefficient (Wildman–Crippen LogP) is 5.64. The van der Waals surface area contributed by atoms with E-state index in [4.69, 9.17) is 14.7 Å². The summed E-state index contributed by atoms with van der Waals surface area (Å²) in [6, 6.07) is 18.2. The van der Waals surface area contributed by atoms with Crippen LogP contribution < -0.4 is 4.90 Å². The van der Waals surface area contributed by atoms with Crippen molar-refractivity contribution in [2.45, 2.75) is 44.5 Å². The van der Waals surface area contributed by atoms with Crippen LogP contribution in [0.15, 0.2) is 65.8 Å². The van der Waals surface area contributed by atoms with Gasteiger partial charge in [-0.05, 0) is 56.9 Å². The number of hydrogen-bond donors (Lipinski definition) is 0. The van der Waals surface area contributed by atoms with Gasteiger partial charge < -0.3 is 14.5 Å². The molecule has 232 valence electrons. The summed E-state index contributed by atoms with van der Waals surface area (Å²) in [5.41, 5.74) is 5.13. The van der Waals surface area contributed by atoms with Crippen molar-refractivity contribution in [1.29, 1.82) is 0 Å². The van der Waals surface area contributed by atoms with Gasteiger partial charge in [-0.1, -0.05) is 66.4 Å². The Bertz CT molecular complexity index is 1440. The first-order valence-electron chi connectivity index (χ1n) is 15.6. The second-order valence-corrected chi connectivity index (χ2v) is 12.4. The number of anilines is 1. The molecule has 1 amide bonds. The lowest BCUT2D eigenvalue weighted by Gasteiger charge is -2.35. The predicted molar refractivity (Wildman–Crippen MR) is 177 cm³/mol. The average molecular weight is 614 g/mol. The standard InChI is InChI=1S/C35H43N5O3S/c1-4-43-34(42)31-13-9-19-40(24-31)33(41)30-16-14-29(15-17-30)25-44-35-36-27(3)26(2)32(37-35)39-22-20-38(21-23-39)18-8-12-28-10-6-5-7-11-28/h5-8,10-12,14-17,31H,4,9,13,18-25H2,1-3H3/b12-8+/t31-/m0/s1. The van der Waals surface area contributed by atoms with E-state index >= 15 is 0 Å². The molecule has 2 saturated heterocycles. The number of aromatic nitrogens is 2. The van der Waals surface area contributed by atoms with Gasteiger partial charge in [0.1, 0.15) is 5.82 Å². The summed E-state index contributed by atoms with van der Waals surface area (Å²) in [7, 11) is 0. The maximum Gasteiger partial charge on any atom is 0.310 e. The van der Waals surface area contributed by atoms with E-state index in [1.54, 1.807) is 16.7 Å². The third kappa shape index (κ3) is 8.27. The normalized spacial score (nSPS) is 17.7. The van der Waals surface area contributed by atoms with Gasteiger partial charge in [-0.2, -0.15) is 0 Å². The molecule has 3 aromatic rings. The van der Waals surface area contributed by atoms with Crippen LogP contribution in [0.2, 0.25) is 0 Å². The third-order valence-electron chi connectivity index (χ3n) is 8.39. The van der Waals surface area contributed by atoms with Crippen molar-refractivity contribution in [2.75, 3.05) is 57.3 Å². The van der Waals surface area contributed by atoms with Gasteiger partial charge in [-0.15, -0.1) is 0 Å². The third-order valence-corrected chi connectivity index (χ3v) is 9.30. The molecule has 1 aromatic heterocycles. The van der Waals surface area contributed by atoms with Crippen LogP contribution in [0, 0.1) is 19.8 Å². The molecule has 9 heteroatoms. The van der Waals surface area contributed by atoms with Crippen LogP contribution in [0.5, 0.6) is 0 Å². The first-order chi connectivity index (χ1) is 21.4. The number of ether oxygens (including phenoxy) is 1. The van der Waals surface area contributed by atoms with Crippen LogP contribution >= 0.6 is 11.8 Å². The molecule has 2 fully saturated rings. The van der Waals surface area contributed by atoms with Crippen molar-refractivity contribution in [2.24, 2.45) is 5.92 Å². The Morgan fingerprint density at radius 1 is 0.977 bits per heavy atom. The quantitative estimate of drug-likeness (QED) is 0.165. The zero-order chi connectivity index (χ0) is 30.9. The summed E-state index contributed by atoms with van der Waals surface area (Å²) in [6.45, 7) is 12.2. The summed E-state index contributed by atoms with van der Waals surface area (Å²) in [6.07, 6.45) is 6.02. The number of piperidine rings is 1. The maximum absolute atomic E-state index is 13.1. The second kappa shape index (κ2) is 15.3. The highest BCUT2D eigenvalue weighted by atomic mass is 32.2. The minimum atomic E-state index is -0.239. The van der Waals surface area contributed by atoms with Crippen molar-refractivity contribution < 1.29 is 14.3 Å². The monoisotopic (exact) mass is 613 g/mol. The highest BCUT2D eigenvalue weighted by Gasteiger charge is 2.30. The fourth-order valence-corrected chi connectivity index (χ4v) is 6.53. The highest BCUT2D eigenvalue weighted by Crippen LogP contribution is 2.27. The molecular formula is C35H43N5O3S. The lowest BCUT2D eigenvalue weighted by molar-refractivity contribution is -0.149. The molecule has 0 spiro atoms. The number of piperazine rings is 1. The lowest BCUT2D eigenvalue weighted by atomic mass is 9.97. The van der Waals surface area contributed by atoms with Gasteiger partial charge >= 0.3 is 5.97 Å². The van der Waals surface area contributed by atoms with Crippen molar-refractivity contribution in [1.82, 2.24) is 19.8 Å². The molecular weight excluding hydrogens is 570 g/mol. The Labute approximate surface area is 265 Å². The summed E-state index contributed by atoms with van der Waals surface area (Å²) in [4.78, 5) is 41.7. The zero-order valence-corrected chi connectivity index (χ0v) is 26.9. The Hall–Kier alpha value is -3.69. The minimum absolute atomic E-state index is 0.0346. The first kappa shape index (κ1) is 31.7. The molecule has 0 aliphatic carbocycles. The Morgan fingerprint density at radius 3 is 2.45 bits per heavy atom. The van der Waals surface area contributed by atoms with Crippen molar-refractivity contribution in [3.63, 3.8) is 0 Å². The van der Waals surface area contributed by atoms with Crippen LogP contribution in [0.25, 0.3) is 6.08 Å². The molecule has 0 radical (unpaired) electrons. The largest absolute Gasteiger partial charge is 0.466 e. The van der Waals surface area contributed by atoms with E-state index in [2.05, 4.69) is 60.1 Å². The second-order valence-electron chi connectivity index (χ2n) is 11.5. The molecule has 0 unspecified atom stereocenters. The van der Waals surface area contributed by atoms with E-state index in [0.717, 1.165) is 73.4 Å². The highest BCUT2D eigenvalue weighted by molar-refractivity contribution is 7.98. The summed E-state index contributed by atoms with van der Waals surface area (Å²) in [5.74, 6) is 1.27. The SMILES string of the molecule is CCOC(=O)[C@H]1CCCN(C(=O)c2ccc(CSc3nc(C)c(C)c(N4CCN(C/C=C/c5ccccc5)CC4)n3)cc2)C1. The van der Waals surface area contributed by atoms with Gasteiger partial charge in [0.05, 0.1) is 12.5 Å². The molecule has 8 nitrogen and oxygen atoms in total. The van der Waals surface area contributed by atoms with E-state index < -0.39 is 0 Å². The number of aryl methyl sites for hydroxylation is 1. The van der Waals surface area contributed by atoms with E-state index in [1.807, 2.05) is 37.3 Å². The number of esters is 1. The van der Waals surface area contributed by atoms with E-state index in [9.17, 15) is 9.59 Å². The fraction of sp³-hybridized carbons (Fsp3) is 0.429. The first-order valence-corrected chi connectivity index (χ1v) is 16.6. The van der Waals surface area contributed by atoms with E-state index in [1.165, 1.54) is 5.56 Å². The van der Waals surface area contributed by atoms with Gasteiger partial charge in [0.2, 0.25) is 0 Å². The molecule has 2 aliphatic heterocycles. The van der Waals surface area contributed by atoms with Crippen LogP contribution in [0.3, 0.4) is 0 Å². The number of carbonyl (C=O) groups excluding carboxylic acids is 2. The van der Waals surface area contributed by atoms with Crippen LogP contribution in [0.4, 0.5) is 5.82 Å².